The summed E-state index contributed by atoms with van der Waals surface area (Å²) in [6.45, 7) is 0. The molecular weight excluding hydrogens is 626 g/mol. The summed E-state index contributed by atoms with van der Waals surface area (Å²) in [7, 11) is -1.06. The number of carbonyl (C=O) groups is 2. The highest BCUT2D eigenvalue weighted by atomic mass is 79.9. The summed E-state index contributed by atoms with van der Waals surface area (Å²) in [5.74, 6) is -0.805. The second-order valence-corrected chi connectivity index (χ2v) is 11.6. The number of halogens is 2. The zero-order valence-corrected chi connectivity index (χ0v) is 23.8. The van der Waals surface area contributed by atoms with Gasteiger partial charge in [-0.05, 0) is 60.0 Å². The standard InChI is InChI=1S/C16H12BrNO4S.C11H9BrO2/c1-22-16(19)14-9-11(17)10-15-13(14)7-8-18(15)23(20,21)12-5-3-2-4-6-12;1-14-11(13)10-6-8(12)5-7-3-2-4-9(7)10/h2-10H,1H3;2,4-6H,3H2,1H3. The number of carbonyl (C=O) groups excluding carboxylic acids is 2. The lowest BCUT2D eigenvalue weighted by Crippen LogP contribution is -2.12. The van der Waals surface area contributed by atoms with Crippen LogP contribution in [0.5, 0.6) is 0 Å². The van der Waals surface area contributed by atoms with Crippen LogP contribution in [0.3, 0.4) is 0 Å². The third-order valence-electron chi connectivity index (χ3n) is 5.70. The largest absolute Gasteiger partial charge is 0.465 e. The Morgan fingerprint density at radius 3 is 2.16 bits per heavy atom. The summed E-state index contributed by atoms with van der Waals surface area (Å²) >= 11 is 6.68. The molecule has 1 aliphatic rings. The topological polar surface area (TPSA) is 91.7 Å². The van der Waals surface area contributed by atoms with Gasteiger partial charge in [0.1, 0.15) is 0 Å². The lowest BCUT2D eigenvalue weighted by atomic mass is 10.0. The summed E-state index contributed by atoms with van der Waals surface area (Å²) in [6, 6.07) is 16.8. The first-order valence-electron chi connectivity index (χ1n) is 10.9. The Kier molecular flexibility index (Phi) is 8.01. The van der Waals surface area contributed by atoms with Crippen LogP contribution >= 0.6 is 31.9 Å². The predicted octanol–water partition coefficient (Wildman–Crippen LogP) is 6.23. The molecule has 0 aliphatic heterocycles. The van der Waals surface area contributed by atoms with E-state index in [1.807, 2.05) is 18.2 Å². The average Bonchev–Trinajstić information content (AvgIpc) is 3.55. The Labute approximate surface area is 231 Å². The van der Waals surface area contributed by atoms with E-state index in [2.05, 4.69) is 31.9 Å². The van der Waals surface area contributed by atoms with Crippen LogP contribution < -0.4 is 0 Å². The fourth-order valence-electron chi connectivity index (χ4n) is 4.00. The van der Waals surface area contributed by atoms with Gasteiger partial charge >= 0.3 is 11.9 Å². The summed E-state index contributed by atoms with van der Waals surface area (Å²) in [6.07, 6.45) is 6.34. The van der Waals surface area contributed by atoms with Crippen molar-refractivity contribution in [2.45, 2.75) is 11.3 Å². The number of hydrogen-bond acceptors (Lipinski definition) is 6. The molecule has 0 atom stereocenters. The third-order valence-corrected chi connectivity index (χ3v) is 8.32. The molecule has 37 heavy (non-hydrogen) atoms. The maximum Gasteiger partial charge on any atom is 0.338 e. The third kappa shape index (κ3) is 5.41. The van der Waals surface area contributed by atoms with Crippen molar-refractivity contribution in [3.8, 4) is 0 Å². The molecule has 0 saturated heterocycles. The van der Waals surface area contributed by atoms with Crippen LogP contribution in [0.4, 0.5) is 0 Å². The van der Waals surface area contributed by atoms with E-state index in [1.165, 1.54) is 38.1 Å². The summed E-state index contributed by atoms with van der Waals surface area (Å²) in [5, 5.41) is 0.513. The van der Waals surface area contributed by atoms with Crippen molar-refractivity contribution in [3.63, 3.8) is 0 Å². The molecule has 0 bridgehead atoms. The highest BCUT2D eigenvalue weighted by molar-refractivity contribution is 9.10. The van der Waals surface area contributed by atoms with E-state index in [0.717, 1.165) is 20.4 Å². The van der Waals surface area contributed by atoms with Crippen LogP contribution in [-0.4, -0.2) is 38.5 Å². The zero-order valence-electron chi connectivity index (χ0n) is 19.8. The van der Waals surface area contributed by atoms with Gasteiger partial charge in [-0.1, -0.05) is 62.2 Å². The number of methoxy groups -OCH3 is 2. The number of hydrogen-bond donors (Lipinski definition) is 0. The first kappa shape index (κ1) is 26.8. The fraction of sp³-hybridized carbons (Fsp3) is 0.111. The molecule has 4 aromatic rings. The van der Waals surface area contributed by atoms with Crippen molar-refractivity contribution in [2.75, 3.05) is 14.2 Å². The van der Waals surface area contributed by atoms with Gasteiger partial charge in [0.15, 0.2) is 0 Å². The van der Waals surface area contributed by atoms with Gasteiger partial charge in [0.05, 0.1) is 35.8 Å². The number of ether oxygens (including phenoxy) is 2. The fourth-order valence-corrected chi connectivity index (χ4v) is 6.31. The smallest absolute Gasteiger partial charge is 0.338 e. The Bertz CT molecular complexity index is 1640. The minimum atomic E-state index is -3.74. The maximum absolute atomic E-state index is 12.8. The number of rotatable bonds is 4. The van der Waals surface area contributed by atoms with E-state index in [9.17, 15) is 18.0 Å². The van der Waals surface area contributed by atoms with Crippen LogP contribution in [0, 0.1) is 0 Å². The van der Waals surface area contributed by atoms with Gasteiger partial charge in [-0.2, -0.15) is 0 Å². The minimum absolute atomic E-state index is 0.178. The van der Waals surface area contributed by atoms with Crippen LogP contribution in [0.1, 0.15) is 31.8 Å². The van der Waals surface area contributed by atoms with E-state index < -0.39 is 16.0 Å². The van der Waals surface area contributed by atoms with Gasteiger partial charge in [-0.3, -0.25) is 0 Å². The van der Waals surface area contributed by atoms with Crippen molar-refractivity contribution in [1.82, 2.24) is 3.97 Å². The van der Waals surface area contributed by atoms with Crippen LogP contribution in [0.15, 0.2) is 86.8 Å². The second-order valence-electron chi connectivity index (χ2n) is 7.93. The Morgan fingerprint density at radius 2 is 1.49 bits per heavy atom. The second kappa shape index (κ2) is 11.0. The first-order chi connectivity index (χ1) is 17.7. The molecule has 1 aromatic heterocycles. The van der Waals surface area contributed by atoms with E-state index in [-0.39, 0.29) is 10.9 Å². The van der Waals surface area contributed by atoms with Gasteiger partial charge in [-0.15, -0.1) is 0 Å². The van der Waals surface area contributed by atoms with E-state index in [1.54, 1.807) is 42.5 Å². The number of benzene rings is 3. The number of esters is 2. The van der Waals surface area contributed by atoms with Crippen LogP contribution in [0.2, 0.25) is 0 Å². The normalized spacial score (nSPS) is 12.0. The number of aromatic nitrogens is 1. The number of fused-ring (bicyclic) bond motifs is 2. The van der Waals surface area contributed by atoms with Gasteiger partial charge in [0, 0.05) is 20.5 Å². The Morgan fingerprint density at radius 1 is 0.865 bits per heavy atom. The predicted molar refractivity (Wildman–Crippen MR) is 148 cm³/mol. The van der Waals surface area contributed by atoms with Gasteiger partial charge in [0.2, 0.25) is 0 Å². The number of allylic oxidation sites excluding steroid dienone is 1. The quantitative estimate of drug-likeness (QED) is 0.244. The molecule has 0 radical (unpaired) electrons. The highest BCUT2D eigenvalue weighted by Gasteiger charge is 2.22. The van der Waals surface area contributed by atoms with Crippen molar-refractivity contribution in [1.29, 1.82) is 0 Å². The van der Waals surface area contributed by atoms with Crippen molar-refractivity contribution in [2.24, 2.45) is 0 Å². The molecule has 5 rings (SSSR count). The molecule has 0 saturated carbocycles. The average molecular weight is 647 g/mol. The van der Waals surface area contributed by atoms with Gasteiger partial charge in [-0.25, -0.2) is 22.0 Å². The summed E-state index contributed by atoms with van der Waals surface area (Å²) < 4.78 is 37.8. The monoisotopic (exact) mass is 645 g/mol. The number of nitrogens with zero attached hydrogens (tertiary/aromatic N) is 1. The van der Waals surface area contributed by atoms with Crippen molar-refractivity contribution >= 4 is 70.8 Å². The Hall–Kier alpha value is -3.21. The van der Waals surface area contributed by atoms with Crippen LogP contribution in [-0.2, 0) is 25.9 Å². The first-order valence-corrected chi connectivity index (χ1v) is 14.0. The van der Waals surface area contributed by atoms with Gasteiger partial charge < -0.3 is 9.47 Å². The molecule has 1 aliphatic carbocycles. The lowest BCUT2D eigenvalue weighted by molar-refractivity contribution is 0.0592. The molecule has 0 unspecified atom stereocenters. The molecule has 190 valence electrons. The summed E-state index contributed by atoms with van der Waals surface area (Å²) in [4.78, 5) is 23.5. The van der Waals surface area contributed by atoms with Gasteiger partial charge in [0.25, 0.3) is 10.0 Å². The Balaban J connectivity index is 0.000000195. The van der Waals surface area contributed by atoms with Crippen molar-refractivity contribution < 1.29 is 27.5 Å². The molecule has 7 nitrogen and oxygen atoms in total. The lowest BCUT2D eigenvalue weighted by Gasteiger charge is -2.09. The van der Waals surface area contributed by atoms with E-state index in [0.29, 0.717) is 26.5 Å². The van der Waals surface area contributed by atoms with E-state index in [4.69, 9.17) is 9.47 Å². The summed E-state index contributed by atoms with van der Waals surface area (Å²) in [5.41, 5.74) is 3.49. The van der Waals surface area contributed by atoms with Crippen molar-refractivity contribution in [3.05, 3.63) is 104 Å². The van der Waals surface area contributed by atoms with E-state index >= 15 is 0 Å². The minimum Gasteiger partial charge on any atom is -0.465 e. The zero-order chi connectivity index (χ0) is 26.7. The molecule has 10 heteroatoms. The SMILES string of the molecule is COC(=O)c1cc(Br)cc2c1C=CC2.COC(=O)c1cc(Br)cc2c1ccn2S(=O)(=O)c1ccccc1. The maximum atomic E-state index is 12.8. The van der Waals surface area contributed by atoms with Crippen LogP contribution in [0.25, 0.3) is 17.0 Å². The highest BCUT2D eigenvalue weighted by Crippen LogP contribution is 2.29. The molecule has 0 amide bonds. The molecule has 0 fully saturated rings. The molecule has 0 spiro atoms. The molecular formula is C27H21Br2NO6S. The molecule has 3 aromatic carbocycles. The molecule has 0 N–H and O–H groups in total. The molecule has 1 heterocycles.